The zero-order valence-electron chi connectivity index (χ0n) is 24.9. The fourth-order valence-corrected chi connectivity index (χ4v) is 5.37. The van der Waals surface area contributed by atoms with E-state index in [0.717, 1.165) is 46.6 Å². The average Bonchev–Trinajstić information content (AvgIpc) is 3.05. The first-order chi connectivity index (χ1) is 21.0. The van der Waals surface area contributed by atoms with Gasteiger partial charge in [0, 0.05) is 50.2 Å². The van der Waals surface area contributed by atoms with Gasteiger partial charge in [-0.25, -0.2) is 13.8 Å². The molecule has 224 valence electrons. The van der Waals surface area contributed by atoms with Crippen molar-refractivity contribution in [2.75, 3.05) is 48.9 Å². The van der Waals surface area contributed by atoms with Crippen LogP contribution in [0.5, 0.6) is 0 Å². The maximum absolute atomic E-state index is 13.7. The molecule has 5 nitrogen and oxygen atoms in total. The molecule has 1 aromatic heterocycles. The molecule has 1 saturated heterocycles. The van der Waals surface area contributed by atoms with Gasteiger partial charge in [0.1, 0.15) is 17.5 Å². The zero-order valence-corrected chi connectivity index (χ0v) is 25.7. The van der Waals surface area contributed by atoms with E-state index in [-0.39, 0.29) is 17.7 Å². The van der Waals surface area contributed by atoms with Crippen LogP contribution in [-0.4, -0.2) is 54.0 Å². The standard InChI is InChI=1S/C33H32ClF2N5.C2H6/c1-3-4-7-28(18-19-34)39(2)32-29-8-5-6-9-30(29)37-33(38-32)41-22-20-40(21-23-41)31(24-10-14-26(35)15-11-24)25-12-16-27(36)17-13-25;1-2/h3-18,31H,1,19-23H2,2H3;1-2H3/b7-4-,28-18+;. The second kappa shape index (κ2) is 15.4. The first-order valence-corrected chi connectivity index (χ1v) is 15.1. The number of anilines is 2. The zero-order chi connectivity index (χ0) is 30.8. The topological polar surface area (TPSA) is 35.5 Å². The molecule has 0 atom stereocenters. The van der Waals surface area contributed by atoms with Crippen LogP contribution in [0.15, 0.2) is 109 Å². The maximum Gasteiger partial charge on any atom is 0.227 e. The van der Waals surface area contributed by atoms with E-state index < -0.39 is 0 Å². The fourth-order valence-electron chi connectivity index (χ4n) is 5.21. The van der Waals surface area contributed by atoms with E-state index in [9.17, 15) is 8.78 Å². The van der Waals surface area contributed by atoms with Crippen LogP contribution >= 0.6 is 11.6 Å². The van der Waals surface area contributed by atoms with Gasteiger partial charge in [0.2, 0.25) is 5.95 Å². The highest BCUT2D eigenvalue weighted by atomic mass is 35.5. The van der Waals surface area contributed by atoms with E-state index in [4.69, 9.17) is 21.6 Å². The van der Waals surface area contributed by atoms with Crippen LogP contribution in [0, 0.1) is 11.6 Å². The number of alkyl halides is 1. The molecule has 0 aliphatic carbocycles. The maximum atomic E-state index is 13.7. The molecule has 0 unspecified atom stereocenters. The average molecular weight is 602 g/mol. The van der Waals surface area contributed by atoms with Crippen LogP contribution < -0.4 is 9.80 Å². The van der Waals surface area contributed by atoms with Gasteiger partial charge >= 0.3 is 0 Å². The van der Waals surface area contributed by atoms with Crippen LogP contribution in [0.25, 0.3) is 10.9 Å². The highest BCUT2D eigenvalue weighted by molar-refractivity contribution is 6.19. The molecule has 0 amide bonds. The summed E-state index contributed by atoms with van der Waals surface area (Å²) in [6.07, 6.45) is 7.48. The minimum atomic E-state index is -0.283. The summed E-state index contributed by atoms with van der Waals surface area (Å²) in [6.45, 7) is 10.6. The van der Waals surface area contributed by atoms with Crippen LogP contribution in [0.1, 0.15) is 31.0 Å². The van der Waals surface area contributed by atoms with Gasteiger partial charge in [-0.2, -0.15) is 4.98 Å². The van der Waals surface area contributed by atoms with E-state index in [1.165, 1.54) is 24.3 Å². The lowest BCUT2D eigenvalue weighted by Gasteiger charge is -2.40. The molecule has 0 N–H and O–H groups in total. The molecule has 0 radical (unpaired) electrons. The summed E-state index contributed by atoms with van der Waals surface area (Å²) < 4.78 is 27.5. The number of piperazine rings is 1. The Morgan fingerprint density at radius 2 is 1.49 bits per heavy atom. The van der Waals surface area contributed by atoms with Gasteiger partial charge in [0.25, 0.3) is 0 Å². The molecule has 2 heterocycles. The third-order valence-electron chi connectivity index (χ3n) is 7.30. The second-order valence-corrected chi connectivity index (χ2v) is 10.1. The normalized spacial score (nSPS) is 14.2. The van der Waals surface area contributed by atoms with Gasteiger partial charge in [-0.15, -0.1) is 11.6 Å². The summed E-state index contributed by atoms with van der Waals surface area (Å²) in [5.41, 5.74) is 3.68. The smallest absolute Gasteiger partial charge is 0.227 e. The Kier molecular flexibility index (Phi) is 11.4. The van der Waals surface area contributed by atoms with E-state index in [1.54, 1.807) is 30.3 Å². The largest absolute Gasteiger partial charge is 0.338 e. The Morgan fingerprint density at radius 1 is 0.907 bits per heavy atom. The lowest BCUT2D eigenvalue weighted by Crippen LogP contribution is -2.48. The number of likely N-dealkylation sites (N-methyl/N-ethyl adjacent to an activating group) is 1. The van der Waals surface area contributed by atoms with Crippen molar-refractivity contribution >= 4 is 34.3 Å². The molecule has 0 saturated carbocycles. The van der Waals surface area contributed by atoms with Crippen molar-refractivity contribution in [2.45, 2.75) is 19.9 Å². The van der Waals surface area contributed by atoms with Gasteiger partial charge in [-0.1, -0.05) is 69.0 Å². The predicted molar refractivity (Wildman–Crippen MR) is 176 cm³/mol. The SMILES string of the molecule is C=C/C=C\C(=C/CCl)N(C)c1nc(N2CCN(C(c3ccc(F)cc3)c3ccc(F)cc3)CC2)nc2ccccc12.CC. The lowest BCUT2D eigenvalue weighted by atomic mass is 9.96. The van der Waals surface area contributed by atoms with Crippen LogP contribution in [-0.2, 0) is 0 Å². The van der Waals surface area contributed by atoms with Gasteiger partial charge in [0.15, 0.2) is 0 Å². The van der Waals surface area contributed by atoms with Crippen molar-refractivity contribution in [1.82, 2.24) is 14.9 Å². The minimum absolute atomic E-state index is 0.127. The van der Waals surface area contributed by atoms with Crippen LogP contribution in [0.2, 0.25) is 0 Å². The summed E-state index contributed by atoms with van der Waals surface area (Å²) in [4.78, 5) is 16.5. The monoisotopic (exact) mass is 601 g/mol. The van der Waals surface area contributed by atoms with Crippen molar-refractivity contribution in [1.29, 1.82) is 0 Å². The van der Waals surface area contributed by atoms with E-state index in [0.29, 0.717) is 24.9 Å². The summed E-state index contributed by atoms with van der Waals surface area (Å²) in [5, 5.41) is 0.942. The number of hydrogen-bond donors (Lipinski definition) is 0. The Hall–Kier alpha value is -4.07. The molecule has 0 spiro atoms. The van der Waals surface area contributed by atoms with E-state index in [2.05, 4.69) is 16.4 Å². The van der Waals surface area contributed by atoms with Gasteiger partial charge < -0.3 is 9.80 Å². The van der Waals surface area contributed by atoms with Crippen molar-refractivity contribution in [3.05, 3.63) is 132 Å². The molecule has 5 rings (SSSR count). The number of aromatic nitrogens is 2. The Labute approximate surface area is 258 Å². The number of hydrogen-bond acceptors (Lipinski definition) is 5. The molecule has 1 aliphatic rings. The summed E-state index contributed by atoms with van der Waals surface area (Å²) in [6, 6.07) is 21.0. The van der Waals surface area contributed by atoms with Crippen molar-refractivity contribution in [3.63, 3.8) is 0 Å². The Bertz CT molecular complexity index is 1500. The van der Waals surface area contributed by atoms with Crippen molar-refractivity contribution in [3.8, 4) is 0 Å². The van der Waals surface area contributed by atoms with Gasteiger partial charge in [-0.3, -0.25) is 4.90 Å². The number of halogens is 3. The summed E-state index contributed by atoms with van der Waals surface area (Å²) in [7, 11) is 1.97. The van der Waals surface area contributed by atoms with Gasteiger partial charge in [-0.05, 0) is 59.7 Å². The number of nitrogens with zero attached hydrogens (tertiary/aromatic N) is 5. The molecule has 43 heavy (non-hydrogen) atoms. The summed E-state index contributed by atoms with van der Waals surface area (Å²) >= 11 is 6.08. The van der Waals surface area contributed by atoms with Crippen LogP contribution in [0.3, 0.4) is 0 Å². The van der Waals surface area contributed by atoms with E-state index in [1.807, 2.05) is 68.3 Å². The second-order valence-electron chi connectivity index (χ2n) is 9.83. The Balaban J connectivity index is 0.00000207. The number of benzene rings is 3. The third kappa shape index (κ3) is 7.66. The minimum Gasteiger partial charge on any atom is -0.338 e. The molecular weight excluding hydrogens is 564 g/mol. The highest BCUT2D eigenvalue weighted by Gasteiger charge is 2.28. The van der Waals surface area contributed by atoms with Crippen molar-refractivity contribution < 1.29 is 8.78 Å². The molecular formula is C35H38ClF2N5. The van der Waals surface area contributed by atoms with Crippen molar-refractivity contribution in [2.24, 2.45) is 0 Å². The molecule has 8 heteroatoms. The quantitative estimate of drug-likeness (QED) is 0.143. The number of para-hydroxylation sites is 1. The first-order valence-electron chi connectivity index (χ1n) is 14.5. The molecule has 1 fully saturated rings. The number of fused-ring (bicyclic) bond motifs is 1. The predicted octanol–water partition coefficient (Wildman–Crippen LogP) is 8.15. The lowest BCUT2D eigenvalue weighted by molar-refractivity contribution is 0.211. The Morgan fingerprint density at radius 3 is 2.05 bits per heavy atom. The fraction of sp³-hybridized carbons (Fsp3) is 0.257. The molecule has 4 aromatic rings. The third-order valence-corrected chi connectivity index (χ3v) is 7.45. The molecule has 3 aromatic carbocycles. The van der Waals surface area contributed by atoms with Crippen LogP contribution in [0.4, 0.5) is 20.5 Å². The molecule has 0 bridgehead atoms. The highest BCUT2D eigenvalue weighted by Crippen LogP contribution is 2.32. The summed E-state index contributed by atoms with van der Waals surface area (Å²) in [5.74, 6) is 1.24. The number of allylic oxidation sites excluding steroid dienone is 4. The number of rotatable bonds is 9. The van der Waals surface area contributed by atoms with E-state index >= 15 is 0 Å². The van der Waals surface area contributed by atoms with Gasteiger partial charge in [0.05, 0.1) is 11.6 Å². The molecule has 1 aliphatic heterocycles. The first kappa shape index (κ1) is 31.9.